The molecule has 0 saturated carbocycles. The molecule has 4 aromatic rings. The maximum absolute atomic E-state index is 14.9. The topological polar surface area (TPSA) is 128 Å². The van der Waals surface area contributed by atoms with Gasteiger partial charge >= 0.3 is 18.7 Å². The number of aromatic nitrogens is 3. The van der Waals surface area contributed by atoms with Gasteiger partial charge in [0.2, 0.25) is 5.82 Å². The number of anilines is 2. The van der Waals surface area contributed by atoms with Crippen molar-refractivity contribution in [3.8, 4) is 17.0 Å². The molecule has 16 heteroatoms. The van der Waals surface area contributed by atoms with E-state index in [4.69, 9.17) is 9.47 Å². The molecule has 49 heavy (non-hydrogen) atoms. The lowest BCUT2D eigenvalue weighted by Gasteiger charge is -2.40. The average molecular weight is 687 g/mol. The molecule has 1 fully saturated rings. The van der Waals surface area contributed by atoms with Gasteiger partial charge in [-0.1, -0.05) is 6.92 Å². The average Bonchev–Trinajstić information content (AvgIpc) is 3.50. The molecule has 1 aliphatic heterocycles. The van der Waals surface area contributed by atoms with Gasteiger partial charge in [-0.05, 0) is 63.1 Å². The smallest absolute Gasteiger partial charge is 0.410 e. The minimum absolute atomic E-state index is 0.0710. The van der Waals surface area contributed by atoms with Crippen LogP contribution in [0.5, 0.6) is 5.75 Å². The van der Waals surface area contributed by atoms with Crippen LogP contribution in [0.25, 0.3) is 16.9 Å². The number of rotatable bonds is 8. The quantitative estimate of drug-likeness (QED) is 0.180. The van der Waals surface area contributed by atoms with Crippen LogP contribution in [0.3, 0.4) is 0 Å². The predicted octanol–water partition coefficient (Wildman–Crippen LogP) is 5.82. The van der Waals surface area contributed by atoms with Crippen molar-refractivity contribution in [3.05, 3.63) is 71.7 Å². The number of amides is 2. The van der Waals surface area contributed by atoms with Crippen LogP contribution in [0.4, 0.5) is 33.9 Å². The molecule has 1 aliphatic rings. The molecular weight excluding hydrogens is 652 g/mol. The molecule has 0 spiro atoms. The van der Waals surface area contributed by atoms with Crippen LogP contribution in [-0.2, 0) is 20.7 Å². The summed E-state index contributed by atoms with van der Waals surface area (Å²) in [4.78, 5) is 50.7. The number of benzene rings is 2. The van der Waals surface area contributed by atoms with Gasteiger partial charge in [0, 0.05) is 42.3 Å². The van der Waals surface area contributed by atoms with Crippen LogP contribution in [0.15, 0.2) is 48.9 Å². The summed E-state index contributed by atoms with van der Waals surface area (Å²) in [7, 11) is 1.21. The number of imidazole rings is 1. The number of carbonyl (C=O) groups is 3. The molecule has 1 atom stereocenters. The molecule has 0 bridgehead atoms. The van der Waals surface area contributed by atoms with Gasteiger partial charge in [0.1, 0.15) is 11.6 Å². The SMILES string of the molecule is CCc1cc(Nc2nccn3c(-c4ccc(OC(F)F)c(F)c4F)cnc23)ccc1C(=O)N1CCN(C(=O)OC(C)(C)C)CC1C(=O)OC. The minimum atomic E-state index is -3.33. The summed E-state index contributed by atoms with van der Waals surface area (Å²) >= 11 is 0. The molecule has 2 aromatic carbocycles. The van der Waals surface area contributed by atoms with E-state index in [0.717, 1.165) is 12.1 Å². The summed E-state index contributed by atoms with van der Waals surface area (Å²) < 4.78 is 70.5. The number of fused-ring (bicyclic) bond motifs is 1. The first kappa shape index (κ1) is 34.9. The number of ether oxygens (including phenoxy) is 3. The van der Waals surface area contributed by atoms with Crippen LogP contribution < -0.4 is 10.1 Å². The molecule has 260 valence electrons. The Morgan fingerprint density at radius 2 is 1.82 bits per heavy atom. The van der Waals surface area contributed by atoms with Crippen LogP contribution in [-0.4, -0.2) is 87.1 Å². The maximum Gasteiger partial charge on any atom is 0.410 e. The van der Waals surface area contributed by atoms with E-state index in [1.165, 1.54) is 39.9 Å². The Balaban J connectivity index is 1.39. The van der Waals surface area contributed by atoms with Gasteiger partial charge in [0.05, 0.1) is 25.5 Å². The molecule has 1 saturated heterocycles. The zero-order valence-corrected chi connectivity index (χ0v) is 27.3. The Morgan fingerprint density at radius 3 is 2.49 bits per heavy atom. The Hall–Kier alpha value is -5.41. The number of methoxy groups -OCH3 is 1. The molecule has 1 N–H and O–H groups in total. The van der Waals surface area contributed by atoms with Crippen molar-refractivity contribution in [2.45, 2.75) is 52.4 Å². The zero-order chi connectivity index (χ0) is 35.6. The van der Waals surface area contributed by atoms with Crippen LogP contribution in [0.1, 0.15) is 43.6 Å². The monoisotopic (exact) mass is 686 g/mol. The summed E-state index contributed by atoms with van der Waals surface area (Å²) in [6.07, 6.45) is 4.02. The number of nitrogens with zero attached hydrogens (tertiary/aromatic N) is 5. The number of hydrogen-bond donors (Lipinski definition) is 1. The van der Waals surface area contributed by atoms with E-state index in [0.29, 0.717) is 23.2 Å². The predicted molar refractivity (Wildman–Crippen MR) is 169 cm³/mol. The number of aryl methyl sites for hydroxylation is 1. The highest BCUT2D eigenvalue weighted by Crippen LogP contribution is 2.33. The number of halogens is 4. The second-order valence-electron chi connectivity index (χ2n) is 12.0. The first-order chi connectivity index (χ1) is 23.2. The normalized spacial score (nSPS) is 15.0. The highest BCUT2D eigenvalue weighted by Gasteiger charge is 2.39. The first-order valence-electron chi connectivity index (χ1n) is 15.2. The summed E-state index contributed by atoms with van der Waals surface area (Å²) in [5.41, 5.74) is 0.916. The maximum atomic E-state index is 14.9. The summed E-state index contributed by atoms with van der Waals surface area (Å²) in [6, 6.07) is 5.95. The molecule has 2 amide bonds. The third-order valence-electron chi connectivity index (χ3n) is 7.71. The van der Waals surface area contributed by atoms with Crippen LogP contribution >= 0.6 is 0 Å². The Bertz CT molecular complexity index is 1900. The van der Waals surface area contributed by atoms with E-state index in [1.807, 2.05) is 6.92 Å². The van der Waals surface area contributed by atoms with Gasteiger partial charge in [0.15, 0.2) is 23.0 Å². The zero-order valence-electron chi connectivity index (χ0n) is 27.3. The fourth-order valence-corrected chi connectivity index (χ4v) is 5.44. The van der Waals surface area contributed by atoms with E-state index in [2.05, 4.69) is 20.0 Å². The number of esters is 1. The van der Waals surface area contributed by atoms with Crippen molar-refractivity contribution in [1.29, 1.82) is 0 Å². The van der Waals surface area contributed by atoms with E-state index in [9.17, 15) is 31.9 Å². The number of carbonyl (C=O) groups excluding carboxylic acids is 3. The Morgan fingerprint density at radius 1 is 1.06 bits per heavy atom. The Labute approximate surface area is 278 Å². The van der Waals surface area contributed by atoms with E-state index < -0.39 is 53.6 Å². The number of hydrogen-bond acceptors (Lipinski definition) is 9. The van der Waals surface area contributed by atoms with Crippen molar-refractivity contribution in [2.75, 3.05) is 32.1 Å². The minimum Gasteiger partial charge on any atom is -0.467 e. The summed E-state index contributed by atoms with van der Waals surface area (Å²) in [5.74, 6) is -4.72. The van der Waals surface area contributed by atoms with E-state index in [-0.39, 0.29) is 42.4 Å². The molecule has 12 nitrogen and oxygen atoms in total. The molecule has 0 aliphatic carbocycles. The van der Waals surface area contributed by atoms with Gasteiger partial charge in [-0.15, -0.1) is 0 Å². The lowest BCUT2D eigenvalue weighted by molar-refractivity contribution is -0.148. The molecule has 0 radical (unpaired) electrons. The highest BCUT2D eigenvalue weighted by molar-refractivity contribution is 5.99. The van der Waals surface area contributed by atoms with Gasteiger partial charge in [-0.2, -0.15) is 13.2 Å². The fourth-order valence-electron chi connectivity index (χ4n) is 5.44. The van der Waals surface area contributed by atoms with Crippen LogP contribution in [0, 0.1) is 11.6 Å². The van der Waals surface area contributed by atoms with Crippen molar-refractivity contribution in [1.82, 2.24) is 24.2 Å². The lowest BCUT2D eigenvalue weighted by atomic mass is 10.0. The van der Waals surface area contributed by atoms with Gasteiger partial charge in [0.25, 0.3) is 5.91 Å². The van der Waals surface area contributed by atoms with Gasteiger partial charge in [-0.25, -0.2) is 23.9 Å². The van der Waals surface area contributed by atoms with Gasteiger partial charge in [-0.3, -0.25) is 9.20 Å². The van der Waals surface area contributed by atoms with Crippen molar-refractivity contribution in [2.24, 2.45) is 0 Å². The fraction of sp³-hybridized carbons (Fsp3) is 0.364. The first-order valence-corrected chi connectivity index (χ1v) is 15.2. The van der Waals surface area contributed by atoms with E-state index in [1.54, 1.807) is 39.0 Å². The largest absolute Gasteiger partial charge is 0.467 e. The summed E-state index contributed by atoms with van der Waals surface area (Å²) in [6.45, 7) is 3.87. The second-order valence-corrected chi connectivity index (χ2v) is 12.0. The molecule has 5 rings (SSSR count). The van der Waals surface area contributed by atoms with Crippen LogP contribution in [0.2, 0.25) is 0 Å². The summed E-state index contributed by atoms with van der Waals surface area (Å²) in [5, 5.41) is 3.14. The third kappa shape index (κ3) is 7.37. The molecule has 1 unspecified atom stereocenters. The van der Waals surface area contributed by atoms with Crippen molar-refractivity contribution >= 4 is 35.1 Å². The van der Waals surface area contributed by atoms with Gasteiger partial charge < -0.3 is 29.3 Å². The molecule has 3 heterocycles. The lowest BCUT2D eigenvalue weighted by Crippen LogP contribution is -2.60. The highest BCUT2D eigenvalue weighted by atomic mass is 19.3. The number of nitrogens with one attached hydrogen (secondary N) is 1. The molecular formula is C33H34F4N6O6. The van der Waals surface area contributed by atoms with E-state index >= 15 is 0 Å². The molecule has 2 aromatic heterocycles. The Kier molecular flexibility index (Phi) is 9.96. The third-order valence-corrected chi connectivity index (χ3v) is 7.71. The second kappa shape index (κ2) is 14.0. The standard InChI is InChI=1S/C33H34F4N6O6/c1-6-18-15-19(7-8-20(18)29(44)43-14-13-41(17-23(43)30(45)47-5)32(46)49-33(2,3)4)40-27-28-39-16-22(42(28)12-11-38-27)21-9-10-24(48-31(36)37)26(35)25(21)34/h7-12,15-16,23,31H,6,13-14,17H2,1-5H3,(H,38,40). The van der Waals surface area contributed by atoms with Crippen molar-refractivity contribution in [3.63, 3.8) is 0 Å². The number of alkyl halides is 2. The number of piperazine rings is 1. The van der Waals surface area contributed by atoms with Crippen molar-refractivity contribution < 1.29 is 46.2 Å².